The fourth-order valence-electron chi connectivity index (χ4n) is 1.68. The lowest BCUT2D eigenvalue weighted by molar-refractivity contribution is -0.153. The molecule has 0 fully saturated rings. The zero-order valence-electron chi connectivity index (χ0n) is 9.98. The van der Waals surface area contributed by atoms with Gasteiger partial charge in [-0.2, -0.15) is 0 Å². The van der Waals surface area contributed by atoms with Crippen LogP contribution in [0, 0.1) is 0 Å². The van der Waals surface area contributed by atoms with Crippen molar-refractivity contribution in [1.82, 2.24) is 0 Å². The Kier molecular flexibility index (Phi) is 4.23. The number of hydrogen-bond acceptors (Lipinski definition) is 2. The van der Waals surface area contributed by atoms with E-state index >= 15 is 0 Å². The summed E-state index contributed by atoms with van der Waals surface area (Å²) < 4.78 is 13.4. The average Bonchev–Trinajstić information content (AvgIpc) is 2.29. The largest absolute Gasteiger partial charge is 0.479 e. The highest BCUT2D eigenvalue weighted by Crippen LogP contribution is 2.27. The first-order valence-corrected chi connectivity index (χ1v) is 5.58. The monoisotopic (exact) mass is 240 g/mol. The van der Waals surface area contributed by atoms with Gasteiger partial charge in [0.1, 0.15) is 5.60 Å². The molecule has 0 spiro atoms. The van der Waals surface area contributed by atoms with E-state index in [1.165, 1.54) is 6.92 Å². The standard InChI is InChI=1S/C13H17FO3/c1-3-4-9-5-7-10(8-6-9)13(2,17)11(14)12(15)16/h5-8,11,17H,3-4H2,1-2H3,(H,15,16). The number of hydrogen-bond donors (Lipinski definition) is 2. The molecule has 0 heterocycles. The first-order valence-electron chi connectivity index (χ1n) is 5.58. The molecule has 4 heteroatoms. The Bertz CT molecular complexity index is 384. The molecule has 1 aromatic carbocycles. The molecule has 0 radical (unpaired) electrons. The van der Waals surface area contributed by atoms with Crippen LogP contribution in [-0.4, -0.2) is 22.4 Å². The van der Waals surface area contributed by atoms with Crippen LogP contribution in [0.4, 0.5) is 4.39 Å². The second-order valence-corrected chi connectivity index (χ2v) is 4.30. The molecule has 17 heavy (non-hydrogen) atoms. The van der Waals surface area contributed by atoms with E-state index in [1.807, 2.05) is 6.92 Å². The number of alkyl halides is 1. The van der Waals surface area contributed by atoms with Crippen LogP contribution >= 0.6 is 0 Å². The SMILES string of the molecule is CCCc1ccc(C(C)(O)C(F)C(=O)O)cc1. The maximum Gasteiger partial charge on any atom is 0.341 e. The van der Waals surface area contributed by atoms with Crippen molar-refractivity contribution < 1.29 is 19.4 Å². The number of aliphatic carboxylic acids is 1. The molecule has 0 amide bonds. The van der Waals surface area contributed by atoms with Crippen molar-refractivity contribution >= 4 is 5.97 Å². The van der Waals surface area contributed by atoms with E-state index in [2.05, 4.69) is 0 Å². The summed E-state index contributed by atoms with van der Waals surface area (Å²) in [5, 5.41) is 18.5. The van der Waals surface area contributed by atoms with Gasteiger partial charge in [-0.25, -0.2) is 9.18 Å². The summed E-state index contributed by atoms with van der Waals surface area (Å²) in [4.78, 5) is 10.6. The van der Waals surface area contributed by atoms with Crippen molar-refractivity contribution in [1.29, 1.82) is 0 Å². The van der Waals surface area contributed by atoms with E-state index in [-0.39, 0.29) is 5.56 Å². The zero-order chi connectivity index (χ0) is 13.1. The van der Waals surface area contributed by atoms with Gasteiger partial charge in [-0.05, 0) is 24.5 Å². The van der Waals surface area contributed by atoms with Gasteiger partial charge in [0.05, 0.1) is 0 Å². The molecule has 3 nitrogen and oxygen atoms in total. The van der Waals surface area contributed by atoms with Crippen molar-refractivity contribution in [3.8, 4) is 0 Å². The van der Waals surface area contributed by atoms with E-state index in [0.29, 0.717) is 0 Å². The van der Waals surface area contributed by atoms with E-state index in [1.54, 1.807) is 24.3 Å². The summed E-state index contributed by atoms with van der Waals surface area (Å²) in [6, 6.07) is 6.70. The number of carboxylic acids is 1. The third-order valence-electron chi connectivity index (χ3n) is 2.79. The van der Waals surface area contributed by atoms with E-state index in [4.69, 9.17) is 5.11 Å². The highest BCUT2D eigenvalue weighted by molar-refractivity contribution is 5.74. The van der Waals surface area contributed by atoms with Crippen molar-refractivity contribution in [3.05, 3.63) is 35.4 Å². The van der Waals surface area contributed by atoms with Crippen LogP contribution in [0.15, 0.2) is 24.3 Å². The maximum absolute atomic E-state index is 13.4. The highest BCUT2D eigenvalue weighted by atomic mass is 19.1. The molecule has 1 rings (SSSR count). The molecule has 0 aromatic heterocycles. The topological polar surface area (TPSA) is 57.5 Å². The summed E-state index contributed by atoms with van der Waals surface area (Å²) in [6.07, 6.45) is -0.434. The van der Waals surface area contributed by atoms with Crippen LogP contribution in [0.5, 0.6) is 0 Å². The molecule has 0 bridgehead atoms. The molecule has 0 saturated heterocycles. The van der Waals surface area contributed by atoms with Crippen LogP contribution in [0.2, 0.25) is 0 Å². The van der Waals surface area contributed by atoms with Crippen LogP contribution in [-0.2, 0) is 16.8 Å². The Morgan fingerprint density at radius 1 is 1.41 bits per heavy atom. The van der Waals surface area contributed by atoms with Crippen molar-refractivity contribution in [2.24, 2.45) is 0 Å². The quantitative estimate of drug-likeness (QED) is 0.830. The Morgan fingerprint density at radius 2 is 1.94 bits per heavy atom. The summed E-state index contributed by atoms with van der Waals surface area (Å²) in [7, 11) is 0. The Morgan fingerprint density at radius 3 is 2.35 bits per heavy atom. The van der Waals surface area contributed by atoms with Crippen molar-refractivity contribution in [2.75, 3.05) is 0 Å². The number of aryl methyl sites for hydroxylation is 1. The smallest absolute Gasteiger partial charge is 0.341 e. The van der Waals surface area contributed by atoms with Gasteiger partial charge < -0.3 is 10.2 Å². The molecular formula is C13H17FO3. The maximum atomic E-state index is 13.4. The Labute approximate surface area is 99.9 Å². The predicted octanol–water partition coefficient (Wildman–Crippen LogP) is 2.27. The van der Waals surface area contributed by atoms with Gasteiger partial charge in [0, 0.05) is 0 Å². The molecule has 94 valence electrons. The van der Waals surface area contributed by atoms with Crippen LogP contribution in [0.3, 0.4) is 0 Å². The lowest BCUT2D eigenvalue weighted by Gasteiger charge is -2.25. The van der Waals surface area contributed by atoms with Gasteiger partial charge >= 0.3 is 5.97 Å². The molecule has 2 N–H and O–H groups in total. The van der Waals surface area contributed by atoms with Gasteiger partial charge in [0.15, 0.2) is 0 Å². The van der Waals surface area contributed by atoms with Gasteiger partial charge in [-0.3, -0.25) is 0 Å². The van der Waals surface area contributed by atoms with Crippen LogP contribution in [0.25, 0.3) is 0 Å². The number of aliphatic hydroxyl groups is 1. The van der Waals surface area contributed by atoms with E-state index in [9.17, 15) is 14.3 Å². The number of carboxylic acid groups (broad SMARTS) is 1. The second-order valence-electron chi connectivity index (χ2n) is 4.30. The van der Waals surface area contributed by atoms with Crippen molar-refractivity contribution in [2.45, 2.75) is 38.5 Å². The Balaban J connectivity index is 2.95. The minimum absolute atomic E-state index is 0.271. The van der Waals surface area contributed by atoms with Gasteiger partial charge in [-0.1, -0.05) is 37.6 Å². The van der Waals surface area contributed by atoms with Gasteiger partial charge in [-0.15, -0.1) is 0 Å². The fraction of sp³-hybridized carbons (Fsp3) is 0.462. The Hall–Kier alpha value is -1.42. The molecule has 0 aliphatic heterocycles. The molecule has 0 aliphatic rings. The van der Waals surface area contributed by atoms with Crippen LogP contribution < -0.4 is 0 Å². The lowest BCUT2D eigenvalue weighted by Crippen LogP contribution is -2.39. The fourth-order valence-corrected chi connectivity index (χ4v) is 1.68. The number of halogens is 1. The van der Waals surface area contributed by atoms with Gasteiger partial charge in [0.25, 0.3) is 0 Å². The summed E-state index contributed by atoms with van der Waals surface area (Å²) in [5.74, 6) is -1.66. The van der Waals surface area contributed by atoms with E-state index < -0.39 is 17.7 Å². The third kappa shape index (κ3) is 3.03. The number of carbonyl (C=O) groups is 1. The van der Waals surface area contributed by atoms with Crippen LogP contribution in [0.1, 0.15) is 31.4 Å². The summed E-state index contributed by atoms with van der Waals surface area (Å²) in [5.41, 5.74) is -0.652. The molecule has 0 saturated carbocycles. The average molecular weight is 240 g/mol. The van der Waals surface area contributed by atoms with Gasteiger partial charge in [0.2, 0.25) is 6.17 Å². The lowest BCUT2D eigenvalue weighted by atomic mass is 9.90. The molecule has 0 aliphatic carbocycles. The number of benzene rings is 1. The summed E-state index contributed by atoms with van der Waals surface area (Å²) in [6.45, 7) is 3.21. The zero-order valence-corrected chi connectivity index (χ0v) is 9.98. The molecule has 1 aromatic rings. The minimum atomic E-state index is -2.33. The summed E-state index contributed by atoms with van der Waals surface area (Å²) >= 11 is 0. The minimum Gasteiger partial charge on any atom is -0.479 e. The molecule has 2 unspecified atom stereocenters. The predicted molar refractivity (Wildman–Crippen MR) is 62.5 cm³/mol. The molecular weight excluding hydrogens is 223 g/mol. The first kappa shape index (κ1) is 13.6. The normalized spacial score (nSPS) is 16.2. The second kappa shape index (κ2) is 5.27. The van der Waals surface area contributed by atoms with Crippen molar-refractivity contribution in [3.63, 3.8) is 0 Å². The highest BCUT2D eigenvalue weighted by Gasteiger charge is 2.39. The third-order valence-corrected chi connectivity index (χ3v) is 2.79. The molecule has 2 atom stereocenters. The van der Waals surface area contributed by atoms with E-state index in [0.717, 1.165) is 18.4 Å². The number of rotatable bonds is 5. The first-order chi connectivity index (χ1) is 7.89.